The minimum Gasteiger partial charge on any atom is -0.494 e. The van der Waals surface area contributed by atoms with Crippen molar-refractivity contribution in [3.05, 3.63) is 109 Å². The van der Waals surface area contributed by atoms with E-state index in [4.69, 9.17) is 9.72 Å². The molecule has 0 aliphatic rings. The Kier molecular flexibility index (Phi) is 12.6. The zero-order chi connectivity index (χ0) is 30.5. The summed E-state index contributed by atoms with van der Waals surface area (Å²) in [5, 5.41) is 3.81. The van der Waals surface area contributed by atoms with E-state index < -0.39 is 11.0 Å². The zero-order valence-electron chi connectivity index (χ0n) is 25.1. The first-order chi connectivity index (χ1) is 20.1. The zero-order valence-corrected chi connectivity index (χ0v) is 26.7. The topological polar surface area (TPSA) is 63.2 Å². The summed E-state index contributed by atoms with van der Waals surface area (Å²) >= 11 is 1.45. The van der Waals surface area contributed by atoms with Gasteiger partial charge < -0.3 is 10.1 Å². The van der Waals surface area contributed by atoms with E-state index in [9.17, 15) is 4.21 Å². The molecule has 3 aromatic rings. The van der Waals surface area contributed by atoms with Crippen molar-refractivity contribution in [1.82, 2.24) is 10.3 Å². The maximum absolute atomic E-state index is 13.4. The second kappa shape index (κ2) is 16.1. The summed E-state index contributed by atoms with van der Waals surface area (Å²) < 4.78 is 22.6. The number of hydrogen-bond donors (Lipinski definition) is 2. The second-order valence-electron chi connectivity index (χ2n) is 11.0. The average Bonchev–Trinajstić information content (AvgIpc) is 3.38. The maximum atomic E-state index is 13.4. The lowest BCUT2D eigenvalue weighted by Gasteiger charge is -2.18. The highest BCUT2D eigenvalue weighted by molar-refractivity contribution is 7.90. The molecule has 1 atom stereocenters. The lowest BCUT2D eigenvalue weighted by molar-refractivity contribution is 0.243. The van der Waals surface area contributed by atoms with E-state index in [1.807, 2.05) is 60.7 Å². The largest absolute Gasteiger partial charge is 0.494 e. The molecule has 2 aromatic carbocycles. The van der Waals surface area contributed by atoms with Crippen molar-refractivity contribution >= 4 is 33.5 Å². The molecule has 0 saturated heterocycles. The summed E-state index contributed by atoms with van der Waals surface area (Å²) in [5.41, 5.74) is 4.56. The number of hydrogen-bond acceptors (Lipinski definition) is 5. The first-order valence-electron chi connectivity index (χ1n) is 14.2. The molecule has 3 rings (SSSR count). The van der Waals surface area contributed by atoms with Gasteiger partial charge in [-0.2, -0.15) is 0 Å². The van der Waals surface area contributed by atoms with Gasteiger partial charge >= 0.3 is 0 Å². The minimum absolute atomic E-state index is 0.194. The van der Waals surface area contributed by atoms with Crippen LogP contribution in [0.4, 0.5) is 5.13 Å². The van der Waals surface area contributed by atoms with Crippen LogP contribution in [-0.2, 0) is 11.0 Å². The first kappa shape index (κ1) is 32.8. The molecule has 1 aromatic heterocycles. The van der Waals surface area contributed by atoms with Gasteiger partial charge in [-0.05, 0) is 60.4 Å². The molecular weight excluding hydrogens is 559 g/mol. The molecule has 0 fully saturated rings. The number of nitrogens with zero attached hydrogens (tertiary/aromatic N) is 1. The minimum atomic E-state index is -1.59. The number of allylic oxidation sites excluding steroid dienone is 3. The number of aromatic nitrogens is 1. The van der Waals surface area contributed by atoms with Gasteiger partial charge in [-0.15, -0.1) is 6.58 Å². The van der Waals surface area contributed by atoms with Crippen molar-refractivity contribution in [2.75, 3.05) is 17.9 Å². The number of rotatable bonds is 17. The van der Waals surface area contributed by atoms with Crippen molar-refractivity contribution in [1.29, 1.82) is 0 Å². The fourth-order valence-corrected chi connectivity index (χ4v) is 5.99. The third-order valence-corrected chi connectivity index (χ3v) is 8.62. The Morgan fingerprint density at radius 3 is 2.60 bits per heavy atom. The van der Waals surface area contributed by atoms with Gasteiger partial charge in [0.25, 0.3) is 0 Å². The quantitative estimate of drug-likeness (QED) is 0.0919. The predicted molar refractivity (Wildman–Crippen MR) is 184 cm³/mol. The van der Waals surface area contributed by atoms with Crippen LogP contribution in [0.1, 0.15) is 52.0 Å². The molecule has 0 radical (unpaired) electrons. The second-order valence-corrected chi connectivity index (χ2v) is 13.2. The van der Waals surface area contributed by atoms with Crippen LogP contribution < -0.4 is 14.8 Å². The van der Waals surface area contributed by atoms with Crippen LogP contribution >= 0.6 is 11.3 Å². The van der Waals surface area contributed by atoms with E-state index in [0.717, 1.165) is 65.2 Å². The van der Waals surface area contributed by atoms with Gasteiger partial charge in [-0.1, -0.05) is 106 Å². The Bertz CT molecular complexity index is 1450. The molecule has 1 heterocycles. The number of thiazole rings is 1. The Balaban J connectivity index is 1.89. The molecule has 0 amide bonds. The molecule has 222 valence electrons. The van der Waals surface area contributed by atoms with Gasteiger partial charge in [-0.25, -0.2) is 9.19 Å². The van der Waals surface area contributed by atoms with E-state index >= 15 is 0 Å². The van der Waals surface area contributed by atoms with E-state index in [-0.39, 0.29) is 5.41 Å². The van der Waals surface area contributed by atoms with Crippen molar-refractivity contribution < 1.29 is 8.95 Å². The Hall–Kier alpha value is -3.68. The van der Waals surface area contributed by atoms with Crippen LogP contribution in [0.5, 0.6) is 5.75 Å². The van der Waals surface area contributed by atoms with E-state index in [1.165, 1.54) is 11.3 Å². The van der Waals surface area contributed by atoms with Crippen LogP contribution in [0.25, 0.3) is 27.8 Å². The highest BCUT2D eigenvalue weighted by Gasteiger charge is 2.19. The van der Waals surface area contributed by atoms with E-state index in [0.29, 0.717) is 22.3 Å². The third-order valence-electron chi connectivity index (χ3n) is 6.38. The monoisotopic (exact) mass is 601 g/mol. The Morgan fingerprint density at radius 2 is 1.88 bits per heavy atom. The summed E-state index contributed by atoms with van der Waals surface area (Å²) in [5.74, 6) is 0.804. The van der Waals surface area contributed by atoms with Crippen molar-refractivity contribution in [3.63, 3.8) is 0 Å². The lowest BCUT2D eigenvalue weighted by Crippen LogP contribution is -2.14. The van der Waals surface area contributed by atoms with Crippen molar-refractivity contribution in [2.24, 2.45) is 5.41 Å². The van der Waals surface area contributed by atoms with Gasteiger partial charge in [0.2, 0.25) is 0 Å². The summed E-state index contributed by atoms with van der Waals surface area (Å²) in [6.45, 7) is 23.7. The number of ether oxygens (including phenoxy) is 1. The van der Waals surface area contributed by atoms with Gasteiger partial charge in [0.15, 0.2) is 16.1 Å². The van der Waals surface area contributed by atoms with Gasteiger partial charge in [0, 0.05) is 17.8 Å². The Morgan fingerprint density at radius 1 is 1.10 bits per heavy atom. The van der Waals surface area contributed by atoms with E-state index in [2.05, 4.69) is 57.1 Å². The van der Waals surface area contributed by atoms with Gasteiger partial charge in [-0.3, -0.25) is 4.72 Å². The molecule has 2 N–H and O–H groups in total. The molecule has 0 aliphatic carbocycles. The van der Waals surface area contributed by atoms with Gasteiger partial charge in [0.05, 0.1) is 22.1 Å². The van der Waals surface area contributed by atoms with E-state index in [1.54, 1.807) is 12.2 Å². The fraction of sp³-hybridized carbons (Fsp3) is 0.286. The molecular formula is C35H43N3O2S2. The summed E-state index contributed by atoms with van der Waals surface area (Å²) in [4.78, 5) is 6.38. The highest BCUT2D eigenvalue weighted by atomic mass is 32.2. The van der Waals surface area contributed by atoms with Crippen LogP contribution in [0, 0.1) is 5.41 Å². The average molecular weight is 602 g/mol. The van der Waals surface area contributed by atoms with Crippen LogP contribution in [0.2, 0.25) is 0 Å². The molecule has 0 saturated carbocycles. The standard InChI is InChI=1S/C35H43N3O2S2/c1-8-11-12-15-22-36-26(4)24-30(10-3)42(39)38-34-37-32(31-20-14-13-17-27(31)9-2)33(41-34)28-18-16-19-29(25-28)40-23-21-35(5,6)7/h8-10,13-14,16-20,24-25,36H,1-4,11-12,15,21-23H2,5-7H3,(H,37,38)/b30-24+. The van der Waals surface area contributed by atoms with Crippen molar-refractivity contribution in [2.45, 2.75) is 46.5 Å². The summed E-state index contributed by atoms with van der Waals surface area (Å²) in [6.07, 6.45) is 11.1. The SMILES string of the molecule is C=CCCCCNC(=C)/C=C(\C=C)S(=O)Nc1nc(-c2ccccc2C=C)c(-c2cccc(OCCC(C)(C)C)c2)s1. The molecule has 0 bridgehead atoms. The summed E-state index contributed by atoms with van der Waals surface area (Å²) in [7, 11) is -1.59. The number of anilines is 1. The number of unbranched alkanes of at least 4 members (excludes halogenated alkanes) is 2. The maximum Gasteiger partial charge on any atom is 0.196 e. The molecule has 7 heteroatoms. The first-order valence-corrected chi connectivity index (χ1v) is 16.1. The molecule has 42 heavy (non-hydrogen) atoms. The highest BCUT2D eigenvalue weighted by Crippen LogP contribution is 2.41. The van der Waals surface area contributed by atoms with Crippen LogP contribution in [-0.4, -0.2) is 22.3 Å². The molecule has 1 unspecified atom stereocenters. The fourth-order valence-electron chi connectivity index (χ4n) is 4.05. The number of benzene rings is 2. The predicted octanol–water partition coefficient (Wildman–Crippen LogP) is 9.54. The third kappa shape index (κ3) is 10.00. The number of nitrogens with one attached hydrogen (secondary N) is 2. The Labute approximate surface area is 258 Å². The van der Waals surface area contributed by atoms with Crippen LogP contribution in [0.3, 0.4) is 0 Å². The van der Waals surface area contributed by atoms with Crippen LogP contribution in [0.15, 0.2) is 104 Å². The lowest BCUT2D eigenvalue weighted by atomic mass is 9.93. The summed E-state index contributed by atoms with van der Waals surface area (Å²) in [6, 6.07) is 16.0. The normalized spacial score (nSPS) is 12.3. The van der Waals surface area contributed by atoms with Crippen molar-refractivity contribution in [3.8, 4) is 27.4 Å². The molecule has 5 nitrogen and oxygen atoms in total. The molecule has 0 aliphatic heterocycles. The molecule has 0 spiro atoms. The van der Waals surface area contributed by atoms with Gasteiger partial charge in [0.1, 0.15) is 5.75 Å². The smallest absolute Gasteiger partial charge is 0.196 e.